The number of hydrogen-bond donors (Lipinski definition) is 2. The highest BCUT2D eigenvalue weighted by molar-refractivity contribution is 5.99. The lowest BCUT2D eigenvalue weighted by Crippen LogP contribution is -2.51. The predicted molar refractivity (Wildman–Crippen MR) is 70.2 cm³/mol. The number of anilines is 1. The maximum Gasteiger partial charge on any atom is 0.274 e. The van der Waals surface area contributed by atoms with Crippen LogP contribution in [0.3, 0.4) is 0 Å². The zero-order valence-electron chi connectivity index (χ0n) is 11.0. The third kappa shape index (κ3) is 2.40. The van der Waals surface area contributed by atoms with E-state index in [1.165, 1.54) is 11.1 Å². The van der Waals surface area contributed by atoms with Crippen molar-refractivity contribution in [3.8, 4) is 0 Å². The van der Waals surface area contributed by atoms with Crippen LogP contribution < -0.4 is 11.5 Å². The molecule has 2 amide bonds. The molecule has 1 saturated heterocycles. The molecule has 2 heterocycles. The van der Waals surface area contributed by atoms with Gasteiger partial charge in [0.1, 0.15) is 11.7 Å². The van der Waals surface area contributed by atoms with Crippen LogP contribution in [0.15, 0.2) is 6.20 Å². The zero-order chi connectivity index (χ0) is 14.0. The minimum atomic E-state index is -0.541. The molecule has 7 heteroatoms. The minimum Gasteiger partial charge on any atom is -0.396 e. The van der Waals surface area contributed by atoms with Gasteiger partial charge in [0.2, 0.25) is 5.91 Å². The van der Waals surface area contributed by atoms with E-state index in [1.54, 1.807) is 4.68 Å². The normalized spacial score (nSPS) is 19.4. The smallest absolute Gasteiger partial charge is 0.274 e. The monoisotopic (exact) mass is 265 g/mol. The number of amides is 2. The second-order valence-corrected chi connectivity index (χ2v) is 4.68. The minimum absolute atomic E-state index is 0.264. The Balaban J connectivity index is 2.31. The van der Waals surface area contributed by atoms with E-state index >= 15 is 0 Å². The van der Waals surface area contributed by atoms with Gasteiger partial charge in [-0.1, -0.05) is 0 Å². The number of nitrogens with two attached hydrogens (primary N) is 2. The molecule has 1 atom stereocenters. The second-order valence-electron chi connectivity index (χ2n) is 4.68. The number of piperidine rings is 1. The Morgan fingerprint density at radius 2 is 2.21 bits per heavy atom. The third-order valence-corrected chi connectivity index (χ3v) is 3.46. The summed E-state index contributed by atoms with van der Waals surface area (Å²) < 4.78 is 1.55. The lowest BCUT2D eigenvalue weighted by atomic mass is 10.0. The number of nitrogens with zero attached hydrogens (tertiary/aromatic N) is 3. The lowest BCUT2D eigenvalue weighted by Gasteiger charge is -2.33. The van der Waals surface area contributed by atoms with Crippen LogP contribution in [0.2, 0.25) is 0 Å². The molecule has 0 radical (unpaired) electrons. The maximum atomic E-state index is 12.6. The molecule has 7 nitrogen and oxygen atoms in total. The fraction of sp³-hybridized carbons (Fsp3) is 0.583. The Morgan fingerprint density at radius 1 is 1.47 bits per heavy atom. The largest absolute Gasteiger partial charge is 0.396 e. The molecule has 0 bridgehead atoms. The Kier molecular flexibility index (Phi) is 3.73. The van der Waals surface area contributed by atoms with Gasteiger partial charge in [-0.2, -0.15) is 5.10 Å². The van der Waals surface area contributed by atoms with Crippen LogP contribution in [-0.2, 0) is 11.3 Å². The number of aromatic nitrogens is 2. The standard InChI is InChI=1S/C12H19N5O2/c1-2-17-10(8(13)7-15-17)12(19)16-6-4-3-5-9(16)11(14)18/h7,9H,2-6,13H2,1H3,(H2,14,18). The number of primary amides is 1. The van der Waals surface area contributed by atoms with Crippen molar-refractivity contribution in [2.24, 2.45) is 5.73 Å². The summed E-state index contributed by atoms with van der Waals surface area (Å²) in [5, 5.41) is 4.05. The molecule has 0 aliphatic carbocycles. The molecule has 2 rings (SSSR count). The first-order valence-electron chi connectivity index (χ1n) is 6.47. The summed E-state index contributed by atoms with van der Waals surface area (Å²) in [4.78, 5) is 25.5. The average molecular weight is 265 g/mol. The Hall–Kier alpha value is -2.05. The molecule has 1 aromatic rings. The summed E-state index contributed by atoms with van der Waals surface area (Å²) in [6.45, 7) is 2.96. The molecule has 0 spiro atoms. The van der Waals surface area contributed by atoms with Crippen LogP contribution in [0.25, 0.3) is 0 Å². The van der Waals surface area contributed by atoms with Gasteiger partial charge in [0.25, 0.3) is 5.91 Å². The summed E-state index contributed by atoms with van der Waals surface area (Å²) in [6, 6.07) is -0.541. The SMILES string of the molecule is CCn1ncc(N)c1C(=O)N1CCCCC1C(N)=O. The van der Waals surface area contributed by atoms with E-state index in [-0.39, 0.29) is 5.91 Å². The van der Waals surface area contributed by atoms with Crippen LogP contribution in [-0.4, -0.2) is 39.1 Å². The molecule has 1 aliphatic heterocycles. The molecular formula is C12H19N5O2. The van der Waals surface area contributed by atoms with Gasteiger partial charge in [0.05, 0.1) is 11.9 Å². The summed E-state index contributed by atoms with van der Waals surface area (Å²) >= 11 is 0. The van der Waals surface area contributed by atoms with Gasteiger partial charge in [-0.05, 0) is 26.2 Å². The van der Waals surface area contributed by atoms with E-state index in [1.807, 2.05) is 6.92 Å². The number of nitrogen functional groups attached to an aromatic ring is 1. The van der Waals surface area contributed by atoms with Gasteiger partial charge < -0.3 is 16.4 Å². The molecule has 104 valence electrons. The quantitative estimate of drug-likeness (QED) is 0.799. The van der Waals surface area contributed by atoms with Crippen LogP contribution >= 0.6 is 0 Å². The molecule has 1 aromatic heterocycles. The topological polar surface area (TPSA) is 107 Å². The first kappa shape index (κ1) is 13.4. The van der Waals surface area contributed by atoms with Crippen molar-refractivity contribution < 1.29 is 9.59 Å². The van der Waals surface area contributed by atoms with Gasteiger partial charge in [-0.15, -0.1) is 0 Å². The van der Waals surface area contributed by atoms with E-state index in [2.05, 4.69) is 5.10 Å². The average Bonchev–Trinajstić information content (AvgIpc) is 2.79. The molecule has 19 heavy (non-hydrogen) atoms. The van der Waals surface area contributed by atoms with Crippen LogP contribution in [0.5, 0.6) is 0 Å². The highest BCUT2D eigenvalue weighted by Gasteiger charge is 2.33. The Labute approximate surface area is 111 Å². The van der Waals surface area contributed by atoms with E-state index in [0.29, 0.717) is 30.9 Å². The molecule has 1 unspecified atom stereocenters. The summed E-state index contributed by atoms with van der Waals surface area (Å²) in [6.07, 6.45) is 3.84. The highest BCUT2D eigenvalue weighted by Crippen LogP contribution is 2.22. The molecular weight excluding hydrogens is 246 g/mol. The van der Waals surface area contributed by atoms with Gasteiger partial charge in [0.15, 0.2) is 0 Å². The third-order valence-electron chi connectivity index (χ3n) is 3.46. The maximum absolute atomic E-state index is 12.6. The number of carbonyl (C=O) groups is 2. The predicted octanol–water partition coefficient (Wildman–Crippen LogP) is -0.0348. The van der Waals surface area contributed by atoms with Crippen LogP contribution in [0.1, 0.15) is 36.7 Å². The van der Waals surface area contributed by atoms with Gasteiger partial charge >= 0.3 is 0 Å². The molecule has 0 aromatic carbocycles. The van der Waals surface area contributed by atoms with Crippen molar-refractivity contribution >= 4 is 17.5 Å². The van der Waals surface area contributed by atoms with Crippen molar-refractivity contribution in [3.05, 3.63) is 11.9 Å². The van der Waals surface area contributed by atoms with Crippen molar-refractivity contribution in [2.45, 2.75) is 38.8 Å². The van der Waals surface area contributed by atoms with E-state index in [9.17, 15) is 9.59 Å². The lowest BCUT2D eigenvalue weighted by molar-refractivity contribution is -0.123. The molecule has 0 saturated carbocycles. The van der Waals surface area contributed by atoms with E-state index < -0.39 is 11.9 Å². The van der Waals surface area contributed by atoms with E-state index in [0.717, 1.165) is 12.8 Å². The number of hydrogen-bond acceptors (Lipinski definition) is 4. The number of rotatable bonds is 3. The highest BCUT2D eigenvalue weighted by atomic mass is 16.2. The zero-order valence-corrected chi connectivity index (χ0v) is 11.0. The van der Waals surface area contributed by atoms with E-state index in [4.69, 9.17) is 11.5 Å². The summed E-state index contributed by atoms with van der Waals surface area (Å²) in [5.41, 5.74) is 11.8. The first-order valence-corrected chi connectivity index (χ1v) is 6.47. The summed E-state index contributed by atoms with van der Waals surface area (Å²) in [7, 11) is 0. The number of aryl methyl sites for hydroxylation is 1. The van der Waals surface area contributed by atoms with Gasteiger partial charge in [-0.3, -0.25) is 14.3 Å². The van der Waals surface area contributed by atoms with Crippen LogP contribution in [0.4, 0.5) is 5.69 Å². The number of carbonyl (C=O) groups excluding carboxylic acids is 2. The first-order chi connectivity index (χ1) is 9.06. The molecule has 1 fully saturated rings. The Bertz CT molecular complexity index is 496. The van der Waals surface area contributed by atoms with Gasteiger partial charge in [0, 0.05) is 13.1 Å². The van der Waals surface area contributed by atoms with Crippen LogP contribution in [0, 0.1) is 0 Å². The van der Waals surface area contributed by atoms with Crippen molar-refractivity contribution in [3.63, 3.8) is 0 Å². The molecule has 4 N–H and O–H groups in total. The molecule has 1 aliphatic rings. The summed E-state index contributed by atoms with van der Waals surface area (Å²) in [5.74, 6) is -0.727. The van der Waals surface area contributed by atoms with Gasteiger partial charge in [-0.25, -0.2) is 0 Å². The van der Waals surface area contributed by atoms with Crippen molar-refractivity contribution in [1.82, 2.24) is 14.7 Å². The van der Waals surface area contributed by atoms with Crippen molar-refractivity contribution in [2.75, 3.05) is 12.3 Å². The fourth-order valence-electron chi connectivity index (χ4n) is 2.48. The van der Waals surface area contributed by atoms with Crippen molar-refractivity contribution in [1.29, 1.82) is 0 Å². The number of likely N-dealkylation sites (tertiary alicyclic amines) is 1. The fourth-order valence-corrected chi connectivity index (χ4v) is 2.48. The Morgan fingerprint density at radius 3 is 2.84 bits per heavy atom. The second kappa shape index (κ2) is 5.29.